The van der Waals surface area contributed by atoms with Crippen LogP contribution in [0.25, 0.3) is 0 Å². The third kappa shape index (κ3) is 5.93. The van der Waals surface area contributed by atoms with Gasteiger partial charge in [0.1, 0.15) is 6.61 Å². The zero-order chi connectivity index (χ0) is 16.5. The van der Waals surface area contributed by atoms with Crippen LogP contribution < -0.4 is 5.32 Å². The molecule has 1 fully saturated rings. The smallest absolute Gasteiger partial charge is 0.407 e. The summed E-state index contributed by atoms with van der Waals surface area (Å²) in [4.78, 5) is 23.4. The lowest BCUT2D eigenvalue weighted by atomic mass is 9.93. The SMILES string of the molecule is CCOC(=O)C[C@H]1CCC[C@H]1CNC(=O)OCc1ccccc1. The molecule has 0 aliphatic heterocycles. The van der Waals surface area contributed by atoms with Crippen molar-refractivity contribution >= 4 is 12.1 Å². The van der Waals surface area contributed by atoms with Crippen molar-refractivity contribution in [2.45, 2.75) is 39.2 Å². The topological polar surface area (TPSA) is 64.6 Å². The van der Waals surface area contributed by atoms with Crippen molar-refractivity contribution in [2.24, 2.45) is 11.8 Å². The number of nitrogens with one attached hydrogen (secondary N) is 1. The molecule has 0 saturated heterocycles. The number of esters is 1. The molecule has 1 N–H and O–H groups in total. The van der Waals surface area contributed by atoms with Crippen molar-refractivity contribution in [3.8, 4) is 0 Å². The van der Waals surface area contributed by atoms with Crippen molar-refractivity contribution in [2.75, 3.05) is 13.2 Å². The molecule has 5 nitrogen and oxygen atoms in total. The summed E-state index contributed by atoms with van der Waals surface area (Å²) in [6.45, 7) is 3.05. The summed E-state index contributed by atoms with van der Waals surface area (Å²) in [6, 6.07) is 9.58. The lowest BCUT2D eigenvalue weighted by molar-refractivity contribution is -0.144. The monoisotopic (exact) mass is 319 g/mol. The summed E-state index contributed by atoms with van der Waals surface area (Å²) in [5.74, 6) is 0.475. The second-order valence-electron chi connectivity index (χ2n) is 5.90. The minimum atomic E-state index is -0.407. The second-order valence-corrected chi connectivity index (χ2v) is 5.90. The van der Waals surface area contributed by atoms with Crippen molar-refractivity contribution in [1.82, 2.24) is 5.32 Å². The number of carbonyl (C=O) groups is 2. The number of benzene rings is 1. The van der Waals surface area contributed by atoms with Gasteiger partial charge in [-0.25, -0.2) is 4.79 Å². The van der Waals surface area contributed by atoms with Gasteiger partial charge in [-0.15, -0.1) is 0 Å². The molecule has 1 aliphatic rings. The largest absolute Gasteiger partial charge is 0.466 e. The number of amides is 1. The summed E-state index contributed by atoms with van der Waals surface area (Å²) in [7, 11) is 0. The highest BCUT2D eigenvalue weighted by Gasteiger charge is 2.29. The van der Waals surface area contributed by atoms with Gasteiger partial charge in [0, 0.05) is 13.0 Å². The van der Waals surface area contributed by atoms with E-state index in [2.05, 4.69) is 5.32 Å². The van der Waals surface area contributed by atoms with Gasteiger partial charge < -0.3 is 14.8 Å². The number of carbonyl (C=O) groups excluding carboxylic acids is 2. The first-order valence-corrected chi connectivity index (χ1v) is 8.29. The van der Waals surface area contributed by atoms with E-state index < -0.39 is 6.09 Å². The Hall–Kier alpha value is -2.04. The van der Waals surface area contributed by atoms with Gasteiger partial charge in [-0.1, -0.05) is 36.8 Å². The summed E-state index contributed by atoms with van der Waals surface area (Å²) in [5, 5.41) is 2.82. The first-order valence-electron chi connectivity index (χ1n) is 8.29. The van der Waals surface area contributed by atoms with Crippen molar-refractivity contribution in [3.05, 3.63) is 35.9 Å². The maximum absolute atomic E-state index is 11.8. The highest BCUT2D eigenvalue weighted by molar-refractivity contribution is 5.70. The summed E-state index contributed by atoms with van der Waals surface area (Å²) >= 11 is 0. The fourth-order valence-electron chi connectivity index (χ4n) is 3.07. The molecule has 1 saturated carbocycles. The van der Waals surface area contributed by atoms with Gasteiger partial charge in [0.2, 0.25) is 0 Å². The van der Waals surface area contributed by atoms with E-state index in [4.69, 9.17) is 9.47 Å². The minimum absolute atomic E-state index is 0.143. The molecular weight excluding hydrogens is 294 g/mol. The molecule has 1 aliphatic carbocycles. The van der Waals surface area contributed by atoms with E-state index in [0.29, 0.717) is 31.4 Å². The normalized spacial score (nSPS) is 20.0. The van der Waals surface area contributed by atoms with E-state index >= 15 is 0 Å². The number of hydrogen-bond acceptors (Lipinski definition) is 4. The number of rotatable bonds is 7. The summed E-state index contributed by atoms with van der Waals surface area (Å²) in [5.41, 5.74) is 0.962. The Morgan fingerprint density at radius 2 is 1.87 bits per heavy atom. The molecule has 0 unspecified atom stereocenters. The number of alkyl carbamates (subject to hydrolysis) is 1. The van der Waals surface area contributed by atoms with Gasteiger partial charge in [-0.3, -0.25) is 4.79 Å². The maximum atomic E-state index is 11.8. The van der Waals surface area contributed by atoms with Crippen molar-refractivity contribution < 1.29 is 19.1 Å². The van der Waals surface area contributed by atoms with E-state index in [1.165, 1.54) is 0 Å². The number of ether oxygens (including phenoxy) is 2. The molecule has 0 aromatic heterocycles. The Morgan fingerprint density at radius 3 is 2.61 bits per heavy atom. The zero-order valence-corrected chi connectivity index (χ0v) is 13.6. The lowest BCUT2D eigenvalue weighted by Crippen LogP contribution is -2.32. The van der Waals surface area contributed by atoms with E-state index in [1.807, 2.05) is 37.3 Å². The molecule has 0 bridgehead atoms. The third-order valence-corrected chi connectivity index (χ3v) is 4.27. The quantitative estimate of drug-likeness (QED) is 0.783. The molecule has 1 amide bonds. The van der Waals surface area contributed by atoms with E-state index in [1.54, 1.807) is 0 Å². The van der Waals surface area contributed by atoms with Crippen molar-refractivity contribution in [3.63, 3.8) is 0 Å². The molecule has 0 heterocycles. The van der Waals surface area contributed by atoms with Crippen molar-refractivity contribution in [1.29, 1.82) is 0 Å². The molecule has 0 spiro atoms. The van der Waals surface area contributed by atoms with Gasteiger partial charge in [0.15, 0.2) is 0 Å². The molecule has 1 aromatic rings. The molecular formula is C18H25NO4. The zero-order valence-electron chi connectivity index (χ0n) is 13.6. The van der Waals surface area contributed by atoms with Crippen LogP contribution in [-0.4, -0.2) is 25.2 Å². The second kappa shape index (κ2) is 9.18. The predicted molar refractivity (Wildman–Crippen MR) is 86.7 cm³/mol. The fourth-order valence-corrected chi connectivity index (χ4v) is 3.07. The molecule has 0 radical (unpaired) electrons. The minimum Gasteiger partial charge on any atom is -0.466 e. The summed E-state index contributed by atoms with van der Waals surface area (Å²) in [6.07, 6.45) is 3.18. The van der Waals surface area contributed by atoms with E-state index in [9.17, 15) is 9.59 Å². The molecule has 126 valence electrons. The lowest BCUT2D eigenvalue weighted by Gasteiger charge is -2.19. The van der Waals surface area contributed by atoms with Gasteiger partial charge in [-0.05, 0) is 37.2 Å². The standard InChI is InChI=1S/C18H25NO4/c1-2-22-17(20)11-15-9-6-10-16(15)12-19-18(21)23-13-14-7-4-3-5-8-14/h3-5,7-8,15-16H,2,6,9-13H2,1H3,(H,19,21)/t15-,16+/m1/s1. The highest BCUT2D eigenvalue weighted by Crippen LogP contribution is 2.33. The first-order chi connectivity index (χ1) is 11.2. The third-order valence-electron chi connectivity index (χ3n) is 4.27. The van der Waals surface area contributed by atoms with Crippen LogP contribution >= 0.6 is 0 Å². The average Bonchev–Trinajstić information content (AvgIpc) is 2.99. The Morgan fingerprint density at radius 1 is 1.13 bits per heavy atom. The summed E-state index contributed by atoms with van der Waals surface area (Å²) < 4.78 is 10.2. The maximum Gasteiger partial charge on any atom is 0.407 e. The molecule has 2 atom stereocenters. The van der Waals surface area contributed by atoms with Crippen LogP contribution in [0, 0.1) is 11.8 Å². The van der Waals surface area contributed by atoms with Crippen LogP contribution in [0.2, 0.25) is 0 Å². The predicted octanol–water partition coefficient (Wildman–Crippen LogP) is 3.28. The van der Waals surface area contributed by atoms with Crippen LogP contribution in [0.15, 0.2) is 30.3 Å². The van der Waals surface area contributed by atoms with Crippen LogP contribution in [0.3, 0.4) is 0 Å². The Labute approximate surface area is 137 Å². The van der Waals surface area contributed by atoms with Gasteiger partial charge >= 0.3 is 12.1 Å². The van der Waals surface area contributed by atoms with E-state index in [0.717, 1.165) is 24.8 Å². The van der Waals surface area contributed by atoms with Gasteiger partial charge in [0.25, 0.3) is 0 Å². The van der Waals surface area contributed by atoms with Gasteiger partial charge in [-0.2, -0.15) is 0 Å². The van der Waals surface area contributed by atoms with Crippen LogP contribution in [-0.2, 0) is 20.9 Å². The van der Waals surface area contributed by atoms with Crippen LogP contribution in [0.5, 0.6) is 0 Å². The Bertz CT molecular complexity index is 503. The molecule has 2 rings (SSSR count). The van der Waals surface area contributed by atoms with Gasteiger partial charge in [0.05, 0.1) is 6.61 Å². The number of hydrogen-bond donors (Lipinski definition) is 1. The average molecular weight is 319 g/mol. The van der Waals surface area contributed by atoms with E-state index in [-0.39, 0.29) is 12.6 Å². The first kappa shape index (κ1) is 17.3. The van der Waals surface area contributed by atoms with Crippen LogP contribution in [0.4, 0.5) is 4.79 Å². The fraction of sp³-hybridized carbons (Fsp3) is 0.556. The molecule has 23 heavy (non-hydrogen) atoms. The molecule has 1 aromatic carbocycles. The Kier molecular flexibility index (Phi) is 6.91. The Balaban J connectivity index is 1.69. The molecule has 5 heteroatoms. The highest BCUT2D eigenvalue weighted by atomic mass is 16.5. The van der Waals surface area contributed by atoms with Crippen LogP contribution in [0.1, 0.15) is 38.2 Å².